The van der Waals surface area contributed by atoms with Crippen LogP contribution in [0.15, 0.2) is 34.8 Å². The summed E-state index contributed by atoms with van der Waals surface area (Å²) in [4.78, 5) is 35.2. The third kappa shape index (κ3) is 3.08. The van der Waals surface area contributed by atoms with Gasteiger partial charge >= 0.3 is 0 Å². The van der Waals surface area contributed by atoms with Gasteiger partial charge < -0.3 is 9.88 Å². The number of nitrogens with one attached hydrogen (secondary N) is 1. The van der Waals surface area contributed by atoms with Crippen LogP contribution < -0.4 is 5.43 Å². The number of piperidine rings is 3. The van der Waals surface area contributed by atoms with E-state index < -0.39 is 0 Å². The normalized spacial score (nSPS) is 29.9. The first kappa shape index (κ1) is 20.2. The van der Waals surface area contributed by atoms with E-state index >= 15 is 0 Å². The number of likely N-dealkylation sites (tertiary alicyclic amines) is 1. The minimum Gasteiger partial charge on any atom is -0.360 e. The number of H-pyrrole nitrogens is 1. The van der Waals surface area contributed by atoms with Gasteiger partial charge in [0.15, 0.2) is 0 Å². The molecule has 1 amide bonds. The number of hydrogen-bond acceptors (Lipinski definition) is 3. The Morgan fingerprint density at radius 1 is 1.12 bits per heavy atom. The molecule has 4 heterocycles. The van der Waals surface area contributed by atoms with Crippen LogP contribution >= 0.6 is 0 Å². The van der Waals surface area contributed by atoms with E-state index in [9.17, 15) is 9.59 Å². The lowest BCUT2D eigenvalue weighted by Crippen LogP contribution is -2.60. The molecule has 5 nitrogen and oxygen atoms in total. The Labute approximate surface area is 189 Å². The highest BCUT2D eigenvalue weighted by Crippen LogP contribution is 2.45. The highest BCUT2D eigenvalue weighted by Gasteiger charge is 2.47. The van der Waals surface area contributed by atoms with Gasteiger partial charge in [0.25, 0.3) is 5.91 Å². The number of carbonyl (C=O) groups excluding carboxylic acids is 1. The van der Waals surface area contributed by atoms with Gasteiger partial charge in [-0.05, 0) is 81.5 Å². The molecule has 0 saturated carbocycles. The summed E-state index contributed by atoms with van der Waals surface area (Å²) in [5.74, 6) is 1.04. The van der Waals surface area contributed by atoms with Crippen molar-refractivity contribution in [2.75, 3.05) is 19.6 Å². The lowest BCUT2D eigenvalue weighted by atomic mass is 9.68. The van der Waals surface area contributed by atoms with E-state index in [0.717, 1.165) is 42.6 Å². The molecule has 32 heavy (non-hydrogen) atoms. The molecular formula is C27H33N3O2. The van der Waals surface area contributed by atoms with Gasteiger partial charge in [-0.15, -0.1) is 0 Å². The summed E-state index contributed by atoms with van der Waals surface area (Å²) < 4.78 is 0. The smallest absolute Gasteiger partial charge is 0.259 e. The number of aromatic nitrogens is 1. The molecule has 1 aromatic carbocycles. The summed E-state index contributed by atoms with van der Waals surface area (Å²) in [7, 11) is 0. The second-order valence-electron chi connectivity index (χ2n) is 10.5. The minimum atomic E-state index is -0.139. The van der Waals surface area contributed by atoms with Crippen LogP contribution in [0.4, 0.5) is 0 Å². The maximum Gasteiger partial charge on any atom is 0.259 e. The average Bonchev–Trinajstić information content (AvgIpc) is 2.79. The molecule has 1 aliphatic carbocycles. The highest BCUT2D eigenvalue weighted by molar-refractivity contribution is 5.98. The van der Waals surface area contributed by atoms with Gasteiger partial charge in [0.1, 0.15) is 5.56 Å². The van der Waals surface area contributed by atoms with Gasteiger partial charge in [-0.25, -0.2) is 0 Å². The standard InChI is InChI=1S/C27H33N3O2/c1-16-10-17(2)24-21(11-16)26(31)22(14-28-24)27(32)30-9-5-6-18-12-19-13-20(25(18)30)15-29-8-4-3-7-23(19)29/h10-12,14,19-20,23,25H,3-9,13,15H2,1-2H3,(H,28,31)/t19-,20-,23-,25+/m0/s1. The second kappa shape index (κ2) is 7.58. The van der Waals surface area contributed by atoms with Gasteiger partial charge in [-0.2, -0.15) is 0 Å². The molecule has 4 atom stereocenters. The molecule has 1 N–H and O–H groups in total. The summed E-state index contributed by atoms with van der Waals surface area (Å²) in [5.41, 5.74) is 4.53. The summed E-state index contributed by atoms with van der Waals surface area (Å²) in [5, 5.41) is 0.624. The predicted molar refractivity (Wildman–Crippen MR) is 127 cm³/mol. The van der Waals surface area contributed by atoms with Crippen molar-refractivity contribution in [1.82, 2.24) is 14.8 Å². The van der Waals surface area contributed by atoms with Crippen molar-refractivity contribution in [2.45, 2.75) is 64.5 Å². The fourth-order valence-electron chi connectivity index (χ4n) is 7.21. The third-order valence-corrected chi connectivity index (χ3v) is 8.48. The van der Waals surface area contributed by atoms with Gasteiger partial charge in [0.05, 0.1) is 11.6 Å². The number of benzene rings is 1. The molecule has 0 radical (unpaired) electrons. The van der Waals surface area contributed by atoms with Gasteiger partial charge in [-0.1, -0.05) is 24.1 Å². The maximum atomic E-state index is 13.8. The highest BCUT2D eigenvalue weighted by atomic mass is 16.2. The molecule has 4 aliphatic rings. The number of pyridine rings is 1. The first-order valence-corrected chi connectivity index (χ1v) is 12.4. The zero-order valence-electron chi connectivity index (χ0n) is 19.2. The van der Waals surface area contributed by atoms with Gasteiger partial charge in [0.2, 0.25) is 5.43 Å². The Morgan fingerprint density at radius 2 is 2.00 bits per heavy atom. The van der Waals surface area contributed by atoms with Crippen LogP contribution in [-0.4, -0.2) is 52.4 Å². The Balaban J connectivity index is 1.37. The molecule has 3 saturated heterocycles. The Morgan fingerprint density at radius 3 is 2.88 bits per heavy atom. The molecule has 3 fully saturated rings. The van der Waals surface area contributed by atoms with Crippen LogP contribution in [0.5, 0.6) is 0 Å². The van der Waals surface area contributed by atoms with Crippen LogP contribution in [0.1, 0.15) is 60.0 Å². The molecule has 2 aromatic rings. The van der Waals surface area contributed by atoms with Crippen molar-refractivity contribution in [1.29, 1.82) is 0 Å². The predicted octanol–water partition coefficient (Wildman–Crippen LogP) is 4.18. The average molecular weight is 432 g/mol. The first-order valence-electron chi connectivity index (χ1n) is 12.4. The van der Waals surface area contributed by atoms with E-state index in [-0.39, 0.29) is 22.9 Å². The SMILES string of the molecule is Cc1cc(C)c2[nH]cc(C(=O)N3CCCC4=C[C@H]5C[C@@H](CN6CCCC[C@@H]56)[C@@H]43)c(=O)c2c1. The first-order chi connectivity index (χ1) is 15.5. The van der Waals surface area contributed by atoms with Crippen molar-refractivity contribution in [2.24, 2.45) is 11.8 Å². The summed E-state index contributed by atoms with van der Waals surface area (Å²) in [6.07, 6.45) is 11.4. The topological polar surface area (TPSA) is 56.4 Å². The number of aryl methyl sites for hydroxylation is 2. The van der Waals surface area contributed by atoms with Crippen LogP contribution in [0, 0.1) is 25.7 Å². The Bertz CT molecular complexity index is 1180. The number of nitrogens with zero attached hydrogens (tertiary/aromatic N) is 2. The van der Waals surface area contributed by atoms with E-state index in [1.165, 1.54) is 37.8 Å². The third-order valence-electron chi connectivity index (χ3n) is 8.48. The summed E-state index contributed by atoms with van der Waals surface area (Å²) in [6, 6.07) is 4.83. The fraction of sp³-hybridized carbons (Fsp3) is 0.556. The maximum absolute atomic E-state index is 13.8. The van der Waals surface area contributed by atoms with Gasteiger partial charge in [0, 0.05) is 30.7 Å². The number of amides is 1. The molecule has 2 bridgehead atoms. The van der Waals surface area contributed by atoms with Crippen molar-refractivity contribution in [3.05, 3.63) is 56.9 Å². The molecule has 6 rings (SSSR count). The van der Waals surface area contributed by atoms with E-state index in [2.05, 4.69) is 22.0 Å². The van der Waals surface area contributed by atoms with Crippen molar-refractivity contribution in [3.63, 3.8) is 0 Å². The van der Waals surface area contributed by atoms with Crippen LogP contribution in [-0.2, 0) is 0 Å². The Hall–Kier alpha value is -2.40. The molecule has 0 unspecified atom stereocenters. The zero-order chi connectivity index (χ0) is 22.0. The molecule has 3 aliphatic heterocycles. The van der Waals surface area contributed by atoms with Crippen molar-refractivity contribution in [3.8, 4) is 0 Å². The van der Waals surface area contributed by atoms with E-state index in [4.69, 9.17) is 0 Å². The lowest BCUT2D eigenvalue weighted by Gasteiger charge is -2.54. The fourth-order valence-corrected chi connectivity index (χ4v) is 7.21. The van der Waals surface area contributed by atoms with Crippen LogP contribution in [0.25, 0.3) is 10.9 Å². The largest absolute Gasteiger partial charge is 0.360 e. The molecule has 5 heteroatoms. The van der Waals surface area contributed by atoms with E-state index in [1.807, 2.05) is 24.8 Å². The van der Waals surface area contributed by atoms with Gasteiger partial charge in [-0.3, -0.25) is 14.5 Å². The zero-order valence-corrected chi connectivity index (χ0v) is 19.2. The molecule has 168 valence electrons. The van der Waals surface area contributed by atoms with E-state index in [0.29, 0.717) is 23.3 Å². The van der Waals surface area contributed by atoms with Crippen molar-refractivity contribution >= 4 is 16.8 Å². The molecule has 0 spiro atoms. The number of hydrogen-bond donors (Lipinski definition) is 1. The van der Waals surface area contributed by atoms with Crippen LogP contribution in [0.3, 0.4) is 0 Å². The number of aromatic amines is 1. The van der Waals surface area contributed by atoms with E-state index in [1.54, 1.807) is 6.20 Å². The number of rotatable bonds is 1. The number of carbonyl (C=O) groups is 1. The summed E-state index contributed by atoms with van der Waals surface area (Å²) in [6.45, 7) is 7.04. The number of fused-ring (bicyclic) bond motifs is 7. The molecular weight excluding hydrogens is 398 g/mol. The lowest BCUT2D eigenvalue weighted by molar-refractivity contribution is 0.00143. The van der Waals surface area contributed by atoms with Crippen molar-refractivity contribution < 1.29 is 4.79 Å². The van der Waals surface area contributed by atoms with Crippen LogP contribution in [0.2, 0.25) is 0 Å². The monoisotopic (exact) mass is 431 g/mol. The molecule has 1 aromatic heterocycles. The second-order valence-corrected chi connectivity index (χ2v) is 10.5. The minimum absolute atomic E-state index is 0.0953. The summed E-state index contributed by atoms with van der Waals surface area (Å²) >= 11 is 0. The quantitative estimate of drug-likeness (QED) is 0.689. The Kier molecular flexibility index (Phi) is 4.79.